The first-order valence-corrected chi connectivity index (χ1v) is 5.63. The summed E-state index contributed by atoms with van der Waals surface area (Å²) in [5, 5.41) is 3.87. The maximum atomic E-state index is 11.7. The minimum absolute atomic E-state index is 0.0891. The van der Waals surface area contributed by atoms with Gasteiger partial charge in [0.15, 0.2) is 0 Å². The Morgan fingerprint density at radius 2 is 1.93 bits per heavy atom. The number of hydrogen-bond donors (Lipinski definition) is 0. The maximum Gasteiger partial charge on any atom is 0.287 e. The highest BCUT2D eigenvalue weighted by Crippen LogP contribution is 2.26. The number of alkyl halides is 2. The Kier molecular flexibility index (Phi) is 3.93. The number of hydrogen-bond acceptors (Lipinski definition) is 2. The fourth-order valence-electron chi connectivity index (χ4n) is 0.916. The molecule has 0 N–H and O–H groups in total. The molecule has 15 heavy (non-hydrogen) atoms. The zero-order valence-electron chi connectivity index (χ0n) is 7.97. The molecule has 0 aliphatic heterocycles. The van der Waals surface area contributed by atoms with Crippen LogP contribution in [0.4, 0.5) is 0 Å². The fraction of sp³-hybridized carbons (Fsp3) is 0.500. The van der Waals surface area contributed by atoms with E-state index in [4.69, 9.17) is 46.4 Å². The van der Waals surface area contributed by atoms with E-state index in [1.54, 1.807) is 13.8 Å². The summed E-state index contributed by atoms with van der Waals surface area (Å²) < 4.78 is 1.12. The standard InChI is InChI=1S/C8H8Cl4N2O/c1-8(2,7(11)12)14-6(15)5(10)4(9)3-13-14/h3,7H,1-2H3. The van der Waals surface area contributed by atoms with Crippen molar-refractivity contribution < 1.29 is 0 Å². The lowest BCUT2D eigenvalue weighted by Gasteiger charge is -2.27. The number of nitrogens with zero attached hydrogens (tertiary/aromatic N) is 2. The molecular weight excluding hydrogens is 282 g/mol. The molecule has 3 nitrogen and oxygen atoms in total. The third-order valence-corrected chi connectivity index (χ3v) is 3.77. The minimum Gasteiger partial charge on any atom is -0.266 e. The molecule has 0 saturated carbocycles. The van der Waals surface area contributed by atoms with E-state index in [0.717, 1.165) is 4.68 Å². The maximum absolute atomic E-state index is 11.7. The molecule has 0 aromatic carbocycles. The predicted molar refractivity (Wildman–Crippen MR) is 63.3 cm³/mol. The Balaban J connectivity index is 3.41. The van der Waals surface area contributed by atoms with Gasteiger partial charge in [0.05, 0.1) is 16.8 Å². The molecule has 1 aromatic heterocycles. The minimum atomic E-state index is -0.853. The first kappa shape index (κ1) is 13.1. The van der Waals surface area contributed by atoms with Crippen molar-refractivity contribution in [1.82, 2.24) is 9.78 Å². The van der Waals surface area contributed by atoms with Gasteiger partial charge in [-0.15, -0.1) is 23.2 Å². The van der Waals surface area contributed by atoms with Crippen LogP contribution in [0, 0.1) is 0 Å². The van der Waals surface area contributed by atoms with Crippen molar-refractivity contribution in [2.45, 2.75) is 24.2 Å². The van der Waals surface area contributed by atoms with Crippen LogP contribution in [0.2, 0.25) is 10.0 Å². The van der Waals surface area contributed by atoms with Gasteiger partial charge in [-0.1, -0.05) is 23.2 Å². The molecule has 0 amide bonds. The molecule has 0 radical (unpaired) electrons. The fourth-order valence-corrected chi connectivity index (χ4v) is 1.35. The van der Waals surface area contributed by atoms with Crippen molar-refractivity contribution >= 4 is 46.4 Å². The monoisotopic (exact) mass is 288 g/mol. The first-order valence-electron chi connectivity index (χ1n) is 4.00. The van der Waals surface area contributed by atoms with Crippen LogP contribution in [0.1, 0.15) is 13.8 Å². The smallest absolute Gasteiger partial charge is 0.266 e. The molecule has 0 spiro atoms. The second-order valence-corrected chi connectivity index (χ2v) is 5.36. The van der Waals surface area contributed by atoms with Gasteiger partial charge in [0.1, 0.15) is 9.86 Å². The zero-order chi connectivity index (χ0) is 11.8. The number of rotatable bonds is 2. The summed E-state index contributed by atoms with van der Waals surface area (Å²) in [6, 6.07) is 0. The summed E-state index contributed by atoms with van der Waals surface area (Å²) in [5.74, 6) is 0. The molecule has 0 unspecified atom stereocenters. The van der Waals surface area contributed by atoms with E-state index in [9.17, 15) is 4.79 Å². The van der Waals surface area contributed by atoms with Gasteiger partial charge in [0.2, 0.25) is 0 Å². The summed E-state index contributed by atoms with van der Waals surface area (Å²) in [4.78, 5) is 10.9. The predicted octanol–water partition coefficient (Wildman–Crippen LogP) is 3.09. The third-order valence-electron chi connectivity index (χ3n) is 1.96. The second-order valence-electron chi connectivity index (χ2n) is 3.48. The van der Waals surface area contributed by atoms with E-state index in [0.29, 0.717) is 0 Å². The molecule has 0 fully saturated rings. The van der Waals surface area contributed by atoms with Gasteiger partial charge >= 0.3 is 0 Å². The summed E-state index contributed by atoms with van der Waals surface area (Å²) in [6.07, 6.45) is 1.28. The Bertz CT molecular complexity index is 427. The quantitative estimate of drug-likeness (QED) is 0.784. The van der Waals surface area contributed by atoms with Crippen LogP contribution in [-0.2, 0) is 5.54 Å². The average Bonchev–Trinajstić information content (AvgIpc) is 2.13. The molecule has 0 aliphatic rings. The third kappa shape index (κ3) is 2.41. The highest BCUT2D eigenvalue weighted by molar-refractivity contribution is 6.45. The topological polar surface area (TPSA) is 34.9 Å². The van der Waals surface area contributed by atoms with Crippen LogP contribution in [-0.4, -0.2) is 14.6 Å². The Hall–Kier alpha value is 0.0400. The van der Waals surface area contributed by atoms with Crippen molar-refractivity contribution in [3.05, 3.63) is 26.6 Å². The van der Waals surface area contributed by atoms with Gasteiger partial charge in [-0.2, -0.15) is 5.10 Å². The van der Waals surface area contributed by atoms with Gasteiger partial charge in [-0.3, -0.25) is 4.79 Å². The normalized spacial score (nSPS) is 12.2. The van der Waals surface area contributed by atoms with Crippen molar-refractivity contribution in [3.63, 3.8) is 0 Å². The highest BCUT2D eigenvalue weighted by Gasteiger charge is 2.31. The van der Waals surface area contributed by atoms with E-state index >= 15 is 0 Å². The molecule has 7 heteroatoms. The molecular formula is C8H8Cl4N2O. The van der Waals surface area contributed by atoms with E-state index in [-0.39, 0.29) is 10.0 Å². The largest absolute Gasteiger partial charge is 0.287 e. The van der Waals surface area contributed by atoms with Gasteiger partial charge in [-0.05, 0) is 13.8 Å². The SMILES string of the molecule is CC(C)(C(Cl)Cl)n1ncc(Cl)c(Cl)c1=O. The molecule has 0 bridgehead atoms. The molecule has 0 atom stereocenters. The van der Waals surface area contributed by atoms with Crippen LogP contribution < -0.4 is 5.56 Å². The Labute approximate surface area is 107 Å². The molecule has 0 saturated heterocycles. The van der Waals surface area contributed by atoms with Crippen LogP contribution in [0.15, 0.2) is 11.0 Å². The van der Waals surface area contributed by atoms with Crippen molar-refractivity contribution in [2.24, 2.45) is 0 Å². The second kappa shape index (κ2) is 4.50. The molecule has 0 aliphatic carbocycles. The Morgan fingerprint density at radius 3 is 2.40 bits per heavy atom. The molecule has 1 rings (SSSR count). The summed E-state index contributed by atoms with van der Waals surface area (Å²) in [7, 11) is 0. The lowest BCUT2D eigenvalue weighted by atomic mass is 10.1. The Morgan fingerprint density at radius 1 is 1.40 bits per heavy atom. The van der Waals surface area contributed by atoms with Crippen LogP contribution in [0.25, 0.3) is 0 Å². The van der Waals surface area contributed by atoms with Crippen molar-refractivity contribution in [3.8, 4) is 0 Å². The lowest BCUT2D eigenvalue weighted by molar-refractivity contribution is 0.326. The molecule has 84 valence electrons. The van der Waals surface area contributed by atoms with E-state index in [1.807, 2.05) is 0 Å². The van der Waals surface area contributed by atoms with Crippen molar-refractivity contribution in [1.29, 1.82) is 0 Å². The van der Waals surface area contributed by atoms with Crippen LogP contribution >= 0.6 is 46.4 Å². The summed E-state index contributed by atoms with van der Waals surface area (Å²) in [6.45, 7) is 3.35. The van der Waals surface area contributed by atoms with Crippen LogP contribution in [0.3, 0.4) is 0 Å². The van der Waals surface area contributed by atoms with E-state index < -0.39 is 15.9 Å². The average molecular weight is 290 g/mol. The molecule has 1 heterocycles. The first-order chi connectivity index (χ1) is 6.78. The van der Waals surface area contributed by atoms with Gasteiger partial charge in [0.25, 0.3) is 5.56 Å². The van der Waals surface area contributed by atoms with Crippen LogP contribution in [0.5, 0.6) is 0 Å². The lowest BCUT2D eigenvalue weighted by Crippen LogP contribution is -2.42. The van der Waals surface area contributed by atoms with Gasteiger partial charge in [-0.25, -0.2) is 4.68 Å². The highest BCUT2D eigenvalue weighted by atomic mass is 35.5. The zero-order valence-corrected chi connectivity index (χ0v) is 11.0. The van der Waals surface area contributed by atoms with Gasteiger partial charge < -0.3 is 0 Å². The van der Waals surface area contributed by atoms with E-state index in [2.05, 4.69) is 5.10 Å². The van der Waals surface area contributed by atoms with Crippen molar-refractivity contribution in [2.75, 3.05) is 0 Å². The van der Waals surface area contributed by atoms with E-state index in [1.165, 1.54) is 6.20 Å². The summed E-state index contributed by atoms with van der Waals surface area (Å²) in [5.41, 5.74) is -1.37. The molecule has 1 aromatic rings. The summed E-state index contributed by atoms with van der Waals surface area (Å²) >= 11 is 22.9. The number of aromatic nitrogens is 2. The van der Waals surface area contributed by atoms with Gasteiger partial charge in [0, 0.05) is 0 Å². The number of halogens is 4.